The van der Waals surface area contributed by atoms with Gasteiger partial charge in [-0.2, -0.15) is 0 Å². The van der Waals surface area contributed by atoms with Crippen molar-refractivity contribution < 1.29 is 0 Å². The number of hydrogen-bond donors (Lipinski definition) is 0. The van der Waals surface area contributed by atoms with Gasteiger partial charge < -0.3 is 0 Å². The molecule has 1 atom stereocenters. The first-order valence-electron chi connectivity index (χ1n) is 6.63. The van der Waals surface area contributed by atoms with Crippen molar-refractivity contribution in [1.29, 1.82) is 0 Å². The van der Waals surface area contributed by atoms with Crippen LogP contribution in [0.15, 0.2) is 73.1 Å². The van der Waals surface area contributed by atoms with E-state index >= 15 is 0 Å². The standard InChI is InChI=1S/C18H17N/c1-18(17-9-13-19-14-10-17)11-7-16(8-12-18)15-5-3-2-4-6-15/h2-11,13-14H,12H2,1H3. The van der Waals surface area contributed by atoms with E-state index in [9.17, 15) is 0 Å². The van der Waals surface area contributed by atoms with Crippen LogP contribution in [0.3, 0.4) is 0 Å². The van der Waals surface area contributed by atoms with Crippen LogP contribution >= 0.6 is 0 Å². The van der Waals surface area contributed by atoms with Crippen LogP contribution in [0.5, 0.6) is 0 Å². The Morgan fingerprint density at radius 1 is 1.00 bits per heavy atom. The Hall–Kier alpha value is -2.15. The average molecular weight is 247 g/mol. The minimum Gasteiger partial charge on any atom is -0.265 e. The maximum Gasteiger partial charge on any atom is 0.0270 e. The van der Waals surface area contributed by atoms with Crippen LogP contribution < -0.4 is 0 Å². The quantitative estimate of drug-likeness (QED) is 0.767. The summed E-state index contributed by atoms with van der Waals surface area (Å²) in [6, 6.07) is 14.7. The number of allylic oxidation sites excluding steroid dienone is 4. The number of benzene rings is 1. The van der Waals surface area contributed by atoms with E-state index in [2.05, 4.69) is 72.6 Å². The molecule has 1 aliphatic carbocycles. The van der Waals surface area contributed by atoms with Gasteiger partial charge in [0.25, 0.3) is 0 Å². The molecule has 3 rings (SSSR count). The summed E-state index contributed by atoms with van der Waals surface area (Å²) in [6.07, 6.45) is 11.6. The second-order valence-electron chi connectivity index (χ2n) is 5.22. The molecule has 19 heavy (non-hydrogen) atoms. The molecule has 2 aromatic rings. The molecule has 1 unspecified atom stereocenters. The topological polar surface area (TPSA) is 12.9 Å². The number of nitrogens with zero attached hydrogens (tertiary/aromatic N) is 1. The minimum atomic E-state index is 0.0845. The molecule has 0 bridgehead atoms. The third kappa shape index (κ3) is 2.37. The fourth-order valence-electron chi connectivity index (χ4n) is 2.52. The molecule has 0 spiro atoms. The Balaban J connectivity index is 1.87. The molecule has 0 saturated carbocycles. The first-order valence-corrected chi connectivity index (χ1v) is 6.63. The lowest BCUT2D eigenvalue weighted by Crippen LogP contribution is -2.20. The van der Waals surface area contributed by atoms with Crippen LogP contribution in [-0.2, 0) is 5.41 Å². The fraction of sp³-hybridized carbons (Fsp3) is 0.167. The Labute approximate surface area is 114 Å². The van der Waals surface area contributed by atoms with Crippen molar-refractivity contribution in [3.8, 4) is 0 Å². The lowest BCUT2D eigenvalue weighted by atomic mass is 9.76. The first kappa shape index (κ1) is 11.9. The number of rotatable bonds is 2. The smallest absolute Gasteiger partial charge is 0.0270 e. The van der Waals surface area contributed by atoms with E-state index in [1.54, 1.807) is 0 Å². The second-order valence-corrected chi connectivity index (χ2v) is 5.22. The summed E-state index contributed by atoms with van der Waals surface area (Å²) < 4.78 is 0. The summed E-state index contributed by atoms with van der Waals surface area (Å²) in [5.41, 5.74) is 4.01. The zero-order chi connectivity index (χ0) is 13.1. The van der Waals surface area contributed by atoms with E-state index in [-0.39, 0.29) is 5.41 Å². The van der Waals surface area contributed by atoms with Crippen LogP contribution in [0, 0.1) is 0 Å². The van der Waals surface area contributed by atoms with E-state index in [0.717, 1.165) is 6.42 Å². The summed E-state index contributed by atoms with van der Waals surface area (Å²) in [5.74, 6) is 0. The summed E-state index contributed by atoms with van der Waals surface area (Å²) in [6.45, 7) is 2.27. The number of pyridine rings is 1. The van der Waals surface area contributed by atoms with Crippen LogP contribution in [0.2, 0.25) is 0 Å². The Kier molecular flexibility index (Phi) is 3.04. The molecule has 1 heterocycles. The lowest BCUT2D eigenvalue weighted by molar-refractivity contribution is 0.600. The van der Waals surface area contributed by atoms with Crippen molar-refractivity contribution in [2.75, 3.05) is 0 Å². The third-order valence-corrected chi connectivity index (χ3v) is 3.82. The molecular formula is C18H17N. The lowest BCUT2D eigenvalue weighted by Gasteiger charge is -2.28. The maximum absolute atomic E-state index is 4.09. The zero-order valence-electron chi connectivity index (χ0n) is 11.1. The second kappa shape index (κ2) is 4.85. The molecule has 0 fully saturated rings. The van der Waals surface area contributed by atoms with Crippen LogP contribution in [0.4, 0.5) is 0 Å². The highest BCUT2D eigenvalue weighted by Gasteiger charge is 2.24. The Morgan fingerprint density at radius 2 is 1.74 bits per heavy atom. The highest BCUT2D eigenvalue weighted by Crippen LogP contribution is 2.35. The average Bonchev–Trinajstić information content (AvgIpc) is 2.50. The molecule has 0 saturated heterocycles. The summed E-state index contributed by atoms with van der Waals surface area (Å²) in [7, 11) is 0. The predicted molar refractivity (Wildman–Crippen MR) is 79.8 cm³/mol. The molecule has 1 nitrogen and oxygen atoms in total. The van der Waals surface area contributed by atoms with Crippen molar-refractivity contribution in [3.05, 3.63) is 84.2 Å². The van der Waals surface area contributed by atoms with Crippen LogP contribution in [0.1, 0.15) is 24.5 Å². The van der Waals surface area contributed by atoms with Crippen molar-refractivity contribution in [1.82, 2.24) is 4.98 Å². The van der Waals surface area contributed by atoms with Gasteiger partial charge in [-0.3, -0.25) is 4.98 Å². The maximum atomic E-state index is 4.09. The molecule has 1 aromatic heterocycles. The molecule has 1 heteroatoms. The summed E-state index contributed by atoms with van der Waals surface area (Å²) >= 11 is 0. The van der Waals surface area contributed by atoms with Gasteiger partial charge in [0.2, 0.25) is 0 Å². The molecule has 94 valence electrons. The molecule has 1 aromatic carbocycles. The minimum absolute atomic E-state index is 0.0845. The Morgan fingerprint density at radius 3 is 2.37 bits per heavy atom. The van der Waals surface area contributed by atoms with Gasteiger partial charge in [-0.25, -0.2) is 0 Å². The fourth-order valence-corrected chi connectivity index (χ4v) is 2.52. The van der Waals surface area contributed by atoms with Gasteiger partial charge in [0.05, 0.1) is 0 Å². The highest BCUT2D eigenvalue weighted by molar-refractivity contribution is 5.75. The third-order valence-electron chi connectivity index (χ3n) is 3.82. The molecule has 0 radical (unpaired) electrons. The van der Waals surface area contributed by atoms with Gasteiger partial charge in [0, 0.05) is 17.8 Å². The van der Waals surface area contributed by atoms with Gasteiger partial charge in [-0.15, -0.1) is 0 Å². The predicted octanol–water partition coefficient (Wildman–Crippen LogP) is 4.38. The van der Waals surface area contributed by atoms with E-state index < -0.39 is 0 Å². The van der Waals surface area contributed by atoms with Crippen molar-refractivity contribution in [3.63, 3.8) is 0 Å². The van der Waals surface area contributed by atoms with Gasteiger partial charge in [0.1, 0.15) is 0 Å². The van der Waals surface area contributed by atoms with Gasteiger partial charge in [-0.1, -0.05) is 55.5 Å². The van der Waals surface area contributed by atoms with E-state index in [4.69, 9.17) is 0 Å². The largest absolute Gasteiger partial charge is 0.265 e. The molecular weight excluding hydrogens is 230 g/mol. The van der Waals surface area contributed by atoms with Gasteiger partial charge >= 0.3 is 0 Å². The summed E-state index contributed by atoms with van der Waals surface area (Å²) in [5, 5.41) is 0. The monoisotopic (exact) mass is 247 g/mol. The van der Waals surface area contributed by atoms with Crippen LogP contribution in [0.25, 0.3) is 5.57 Å². The zero-order valence-corrected chi connectivity index (χ0v) is 11.1. The van der Waals surface area contributed by atoms with E-state index in [1.165, 1.54) is 16.7 Å². The normalized spacial score (nSPS) is 22.1. The van der Waals surface area contributed by atoms with E-state index in [0.29, 0.717) is 0 Å². The highest BCUT2D eigenvalue weighted by atomic mass is 14.6. The molecule has 0 amide bonds. The first-order chi connectivity index (χ1) is 9.28. The van der Waals surface area contributed by atoms with Gasteiger partial charge in [-0.05, 0) is 35.3 Å². The van der Waals surface area contributed by atoms with E-state index in [1.807, 2.05) is 12.4 Å². The molecule has 0 N–H and O–H groups in total. The van der Waals surface area contributed by atoms with Crippen LogP contribution in [-0.4, -0.2) is 4.98 Å². The SMILES string of the molecule is CC1(c2ccncc2)C=CC(c2ccccc2)=CC1. The van der Waals surface area contributed by atoms with Crippen molar-refractivity contribution >= 4 is 5.57 Å². The van der Waals surface area contributed by atoms with Crippen molar-refractivity contribution in [2.24, 2.45) is 0 Å². The van der Waals surface area contributed by atoms with Crippen molar-refractivity contribution in [2.45, 2.75) is 18.8 Å². The Bertz CT molecular complexity index is 611. The molecule has 0 aliphatic heterocycles. The number of aromatic nitrogens is 1. The number of hydrogen-bond acceptors (Lipinski definition) is 1. The molecule has 1 aliphatic rings. The van der Waals surface area contributed by atoms with Gasteiger partial charge in [0.15, 0.2) is 0 Å². The summed E-state index contributed by atoms with van der Waals surface area (Å²) in [4.78, 5) is 4.09.